The molecule has 1 aliphatic rings. The van der Waals surface area contributed by atoms with Crippen LogP contribution in [0.2, 0.25) is 0 Å². The Kier molecular flexibility index (Phi) is 9.67. The van der Waals surface area contributed by atoms with E-state index in [2.05, 4.69) is 28.2 Å². The summed E-state index contributed by atoms with van der Waals surface area (Å²) in [4.78, 5) is 11.1. The van der Waals surface area contributed by atoms with Crippen LogP contribution in [0.1, 0.15) is 19.8 Å². The number of ketones is 1. The van der Waals surface area contributed by atoms with E-state index in [-0.39, 0.29) is 38.8 Å². The van der Waals surface area contributed by atoms with Crippen molar-refractivity contribution in [1.29, 1.82) is 0 Å². The van der Waals surface area contributed by atoms with Gasteiger partial charge in [0.2, 0.25) is 0 Å². The Bertz CT molecular complexity index is 143. The number of halogens is 3. The van der Waals surface area contributed by atoms with Crippen molar-refractivity contribution in [3.8, 4) is 0 Å². The number of hydrogen-bond acceptors (Lipinski definition) is 2. The summed E-state index contributed by atoms with van der Waals surface area (Å²) in [6, 6.07) is 0.492. The third-order valence-electron chi connectivity index (χ3n) is 1.82. The van der Waals surface area contributed by atoms with E-state index in [0.717, 1.165) is 13.0 Å². The van der Waals surface area contributed by atoms with Crippen LogP contribution in [-0.4, -0.2) is 23.2 Å². The highest BCUT2D eigenvalue weighted by Gasteiger charge is 2.19. The monoisotopic (exact) mass is 365 g/mol. The molecule has 1 fully saturated rings. The Balaban J connectivity index is 0. The Morgan fingerprint density at radius 2 is 2.08 bits per heavy atom. The lowest BCUT2D eigenvalue weighted by Crippen LogP contribution is -2.29. The summed E-state index contributed by atoms with van der Waals surface area (Å²) in [7, 11) is 0. The summed E-state index contributed by atoms with van der Waals surface area (Å²) >= 11 is 3.32. The van der Waals surface area contributed by atoms with E-state index in [4.69, 9.17) is 0 Å². The molecule has 0 radical (unpaired) electrons. The van der Waals surface area contributed by atoms with Crippen LogP contribution in [0.15, 0.2) is 0 Å². The summed E-state index contributed by atoms with van der Waals surface area (Å²) in [5, 5.41) is 3.26. The SMILES string of the molecule is Br.Br.CC1CCC(=O)C(Br)CN1. The molecule has 0 spiro atoms. The lowest BCUT2D eigenvalue weighted by Gasteiger charge is -2.07. The smallest absolute Gasteiger partial charge is 0.147 e. The van der Waals surface area contributed by atoms with Crippen LogP contribution in [0, 0.1) is 0 Å². The molecule has 0 saturated carbocycles. The van der Waals surface area contributed by atoms with Crippen LogP contribution in [0.25, 0.3) is 0 Å². The van der Waals surface area contributed by atoms with Gasteiger partial charge in [0.1, 0.15) is 5.78 Å². The van der Waals surface area contributed by atoms with Gasteiger partial charge in [-0.1, -0.05) is 15.9 Å². The first-order valence-electron chi connectivity index (χ1n) is 3.60. The zero-order chi connectivity index (χ0) is 7.56. The Labute approximate surface area is 103 Å². The fraction of sp³-hybridized carbons (Fsp3) is 0.857. The first-order valence-corrected chi connectivity index (χ1v) is 4.52. The molecule has 0 aromatic heterocycles. The number of carbonyl (C=O) groups excluding carboxylic acids is 1. The molecule has 1 N–H and O–H groups in total. The first kappa shape index (κ1) is 15.5. The zero-order valence-electron chi connectivity index (χ0n) is 6.88. The van der Waals surface area contributed by atoms with Gasteiger partial charge in [0, 0.05) is 19.0 Å². The van der Waals surface area contributed by atoms with E-state index in [1.54, 1.807) is 0 Å². The van der Waals surface area contributed by atoms with Crippen molar-refractivity contribution in [2.75, 3.05) is 6.54 Å². The molecule has 74 valence electrons. The molecule has 0 aliphatic carbocycles. The number of hydrogen-bond donors (Lipinski definition) is 1. The van der Waals surface area contributed by atoms with E-state index >= 15 is 0 Å². The van der Waals surface area contributed by atoms with Gasteiger partial charge in [-0.3, -0.25) is 4.79 Å². The number of nitrogens with one attached hydrogen (secondary N) is 1. The van der Waals surface area contributed by atoms with Crippen molar-refractivity contribution >= 4 is 55.7 Å². The molecule has 5 heteroatoms. The van der Waals surface area contributed by atoms with Gasteiger partial charge in [0.15, 0.2) is 0 Å². The lowest BCUT2D eigenvalue weighted by molar-refractivity contribution is -0.118. The van der Waals surface area contributed by atoms with Gasteiger partial charge in [0.25, 0.3) is 0 Å². The molecular weight excluding hydrogens is 354 g/mol. The van der Waals surface area contributed by atoms with Gasteiger partial charge in [0.05, 0.1) is 4.83 Å². The number of carbonyl (C=O) groups is 1. The predicted octanol–water partition coefficient (Wildman–Crippen LogP) is 2.25. The Morgan fingerprint density at radius 1 is 1.50 bits per heavy atom. The molecule has 2 nitrogen and oxygen atoms in total. The maximum atomic E-state index is 11.1. The van der Waals surface area contributed by atoms with Gasteiger partial charge in [-0.05, 0) is 13.3 Å². The normalized spacial score (nSPS) is 29.7. The third-order valence-corrected chi connectivity index (χ3v) is 2.65. The average molecular weight is 368 g/mol. The second-order valence-electron chi connectivity index (χ2n) is 2.78. The van der Waals surface area contributed by atoms with Crippen molar-refractivity contribution in [3.05, 3.63) is 0 Å². The summed E-state index contributed by atoms with van der Waals surface area (Å²) in [6.07, 6.45) is 1.69. The van der Waals surface area contributed by atoms with E-state index in [0.29, 0.717) is 18.2 Å². The molecule has 1 rings (SSSR count). The topological polar surface area (TPSA) is 29.1 Å². The highest BCUT2D eigenvalue weighted by Crippen LogP contribution is 2.10. The second-order valence-corrected chi connectivity index (χ2v) is 3.89. The van der Waals surface area contributed by atoms with Crippen LogP contribution in [0.5, 0.6) is 0 Å². The maximum absolute atomic E-state index is 11.1. The van der Waals surface area contributed by atoms with Gasteiger partial charge in [-0.2, -0.15) is 0 Å². The summed E-state index contributed by atoms with van der Waals surface area (Å²) in [5.41, 5.74) is 0. The van der Waals surface area contributed by atoms with E-state index in [9.17, 15) is 4.79 Å². The molecule has 1 saturated heterocycles. The standard InChI is InChI=1S/C7H12BrNO.2BrH/c1-5-2-3-7(10)6(8)4-9-5;;/h5-6,9H,2-4H2,1H3;2*1H. The van der Waals surface area contributed by atoms with Crippen LogP contribution >= 0.6 is 49.9 Å². The lowest BCUT2D eigenvalue weighted by atomic mass is 10.1. The van der Waals surface area contributed by atoms with Gasteiger partial charge >= 0.3 is 0 Å². The van der Waals surface area contributed by atoms with Crippen LogP contribution in [0.4, 0.5) is 0 Å². The van der Waals surface area contributed by atoms with Crippen LogP contribution in [-0.2, 0) is 4.79 Å². The molecule has 2 atom stereocenters. The van der Waals surface area contributed by atoms with Gasteiger partial charge in [-0.25, -0.2) is 0 Å². The molecule has 2 unspecified atom stereocenters. The Hall–Kier alpha value is 1.07. The molecule has 0 amide bonds. The molecule has 1 aliphatic heterocycles. The van der Waals surface area contributed by atoms with E-state index < -0.39 is 0 Å². The minimum atomic E-state index is 0. The number of alkyl halides is 1. The van der Waals surface area contributed by atoms with Crippen molar-refractivity contribution in [3.63, 3.8) is 0 Å². The third kappa shape index (κ3) is 4.94. The van der Waals surface area contributed by atoms with E-state index in [1.165, 1.54) is 0 Å². The fourth-order valence-electron chi connectivity index (χ4n) is 1.04. The van der Waals surface area contributed by atoms with Crippen molar-refractivity contribution in [1.82, 2.24) is 5.32 Å². The quantitative estimate of drug-likeness (QED) is 0.665. The molecule has 0 bridgehead atoms. The van der Waals surface area contributed by atoms with Crippen molar-refractivity contribution in [2.24, 2.45) is 0 Å². The number of Topliss-reactive ketones (excluding diaryl/α,β-unsaturated/α-hetero) is 1. The Morgan fingerprint density at radius 3 is 2.67 bits per heavy atom. The van der Waals surface area contributed by atoms with Crippen LogP contribution in [0.3, 0.4) is 0 Å². The van der Waals surface area contributed by atoms with Gasteiger partial charge < -0.3 is 5.32 Å². The van der Waals surface area contributed by atoms with Gasteiger partial charge in [-0.15, -0.1) is 34.0 Å². The number of rotatable bonds is 0. The molecule has 1 heterocycles. The first-order chi connectivity index (χ1) is 4.70. The summed E-state index contributed by atoms with van der Waals surface area (Å²) < 4.78 is 0. The highest BCUT2D eigenvalue weighted by atomic mass is 79.9. The van der Waals surface area contributed by atoms with Crippen molar-refractivity contribution in [2.45, 2.75) is 30.6 Å². The minimum Gasteiger partial charge on any atom is -0.313 e. The van der Waals surface area contributed by atoms with E-state index in [1.807, 2.05) is 0 Å². The van der Waals surface area contributed by atoms with Crippen LogP contribution < -0.4 is 5.32 Å². The minimum absolute atomic E-state index is 0. The maximum Gasteiger partial charge on any atom is 0.147 e. The molecule has 0 aromatic rings. The molecule has 12 heavy (non-hydrogen) atoms. The zero-order valence-corrected chi connectivity index (χ0v) is 11.9. The predicted molar refractivity (Wildman–Crippen MR) is 65.1 cm³/mol. The highest BCUT2D eigenvalue weighted by molar-refractivity contribution is 9.10. The second kappa shape index (κ2) is 7.47. The average Bonchev–Trinajstić information content (AvgIpc) is 2.04. The van der Waals surface area contributed by atoms with Crippen molar-refractivity contribution < 1.29 is 4.79 Å². The summed E-state index contributed by atoms with van der Waals surface area (Å²) in [6.45, 7) is 2.89. The largest absolute Gasteiger partial charge is 0.313 e. The molecule has 0 aromatic carbocycles. The fourth-order valence-corrected chi connectivity index (χ4v) is 1.45. The summed E-state index contributed by atoms with van der Waals surface area (Å²) in [5.74, 6) is 0.330. The molecular formula is C7H14Br3NO.